The summed E-state index contributed by atoms with van der Waals surface area (Å²) in [5.41, 5.74) is 6.70. The molecule has 0 bridgehead atoms. The van der Waals surface area contributed by atoms with Crippen molar-refractivity contribution in [2.45, 2.75) is 46.3 Å². The van der Waals surface area contributed by atoms with E-state index in [-0.39, 0.29) is 17.4 Å². The number of fused-ring (bicyclic) bond motifs is 2. The van der Waals surface area contributed by atoms with Gasteiger partial charge in [-0.1, -0.05) is 24.3 Å². The van der Waals surface area contributed by atoms with Gasteiger partial charge in [0.25, 0.3) is 11.7 Å². The fourth-order valence-corrected chi connectivity index (χ4v) is 5.84. The molecule has 186 valence electrons. The highest BCUT2D eigenvalue weighted by molar-refractivity contribution is 6.52. The molecule has 37 heavy (non-hydrogen) atoms. The molecular weight excluding hydrogens is 464 g/mol. The average Bonchev–Trinajstić information content (AvgIpc) is 3.47. The van der Waals surface area contributed by atoms with Crippen LogP contribution in [0.4, 0.5) is 5.69 Å². The van der Waals surface area contributed by atoms with Gasteiger partial charge >= 0.3 is 0 Å². The molecule has 2 aliphatic rings. The molecule has 1 fully saturated rings. The van der Waals surface area contributed by atoms with Gasteiger partial charge in [-0.3, -0.25) is 14.5 Å². The number of aliphatic hydroxyl groups excluding tert-OH is 1. The van der Waals surface area contributed by atoms with Crippen molar-refractivity contribution < 1.29 is 19.4 Å². The summed E-state index contributed by atoms with van der Waals surface area (Å²) in [6.45, 7) is 7.86. The standard InChI is InChI=1S/C31H28N2O4/c1-16-11-17(2)13-22(12-16)33-28(26-19(4)32-24-8-6-5-7-23(24)26)27(30(35)31(33)36)29(34)20-9-10-25-21(15-20)14-18(3)37-25/h5-13,15,18,28,32,34H,14H2,1-4H3/b29-27+. The number of hydrogen-bond acceptors (Lipinski definition) is 4. The second-order valence-corrected chi connectivity index (χ2v) is 10.2. The number of aliphatic hydroxyl groups is 1. The van der Waals surface area contributed by atoms with Crippen molar-refractivity contribution in [2.75, 3.05) is 4.90 Å². The Kier molecular flexibility index (Phi) is 5.23. The van der Waals surface area contributed by atoms with E-state index in [0.29, 0.717) is 11.3 Å². The summed E-state index contributed by atoms with van der Waals surface area (Å²) >= 11 is 0. The molecule has 6 nitrogen and oxygen atoms in total. The Bertz CT molecular complexity index is 1620. The van der Waals surface area contributed by atoms with E-state index in [1.54, 1.807) is 6.07 Å². The molecule has 2 atom stereocenters. The van der Waals surface area contributed by atoms with E-state index in [1.807, 2.05) is 82.3 Å². The van der Waals surface area contributed by atoms with Crippen LogP contribution in [0.3, 0.4) is 0 Å². The Labute approximate surface area is 215 Å². The lowest BCUT2D eigenvalue weighted by atomic mass is 9.92. The first kappa shape index (κ1) is 23.1. The smallest absolute Gasteiger partial charge is 0.300 e. The van der Waals surface area contributed by atoms with Crippen LogP contribution in [-0.4, -0.2) is 27.9 Å². The highest BCUT2D eigenvalue weighted by Gasteiger charge is 2.48. The molecule has 2 unspecified atom stereocenters. The van der Waals surface area contributed by atoms with E-state index < -0.39 is 17.7 Å². The lowest BCUT2D eigenvalue weighted by Gasteiger charge is -2.26. The summed E-state index contributed by atoms with van der Waals surface area (Å²) in [5.74, 6) is -0.748. The summed E-state index contributed by atoms with van der Waals surface area (Å²) in [6, 6.07) is 18.3. The van der Waals surface area contributed by atoms with Crippen LogP contribution in [-0.2, 0) is 16.0 Å². The van der Waals surface area contributed by atoms with E-state index in [0.717, 1.165) is 51.0 Å². The number of anilines is 1. The molecule has 4 aromatic rings. The molecular formula is C31H28N2O4. The number of Topliss-reactive ketones (excluding diaryl/α,β-unsaturated/α-hetero) is 1. The quantitative estimate of drug-likeness (QED) is 0.207. The van der Waals surface area contributed by atoms with Crippen molar-refractivity contribution in [3.05, 3.63) is 99.7 Å². The van der Waals surface area contributed by atoms with Crippen molar-refractivity contribution in [3.8, 4) is 5.75 Å². The van der Waals surface area contributed by atoms with Crippen LogP contribution in [0.1, 0.15) is 46.5 Å². The zero-order valence-electron chi connectivity index (χ0n) is 21.3. The molecule has 1 aromatic heterocycles. The highest BCUT2D eigenvalue weighted by atomic mass is 16.5. The van der Waals surface area contributed by atoms with Gasteiger partial charge in [-0.15, -0.1) is 0 Å². The SMILES string of the molecule is Cc1cc(C)cc(N2C(=O)C(=O)/C(=C(/O)c3ccc4c(c3)CC(C)O4)C2c2c(C)[nH]c3ccccc23)c1. The minimum absolute atomic E-state index is 0.0522. The van der Waals surface area contributed by atoms with Crippen LogP contribution < -0.4 is 9.64 Å². The van der Waals surface area contributed by atoms with Crippen molar-refractivity contribution in [1.29, 1.82) is 0 Å². The number of nitrogens with zero attached hydrogens (tertiary/aromatic N) is 1. The van der Waals surface area contributed by atoms with E-state index in [9.17, 15) is 14.7 Å². The summed E-state index contributed by atoms with van der Waals surface area (Å²) in [6.07, 6.45) is 0.773. The van der Waals surface area contributed by atoms with Gasteiger partial charge in [-0.2, -0.15) is 0 Å². The maximum absolute atomic E-state index is 13.7. The lowest BCUT2D eigenvalue weighted by molar-refractivity contribution is -0.132. The third kappa shape index (κ3) is 3.63. The summed E-state index contributed by atoms with van der Waals surface area (Å²) < 4.78 is 5.82. The highest BCUT2D eigenvalue weighted by Crippen LogP contribution is 2.46. The largest absolute Gasteiger partial charge is 0.507 e. The number of hydrogen-bond donors (Lipinski definition) is 2. The van der Waals surface area contributed by atoms with Crippen LogP contribution in [0.15, 0.2) is 66.2 Å². The molecule has 1 amide bonds. The number of H-pyrrole nitrogens is 1. The number of aryl methyl sites for hydroxylation is 3. The predicted octanol–water partition coefficient (Wildman–Crippen LogP) is 6.04. The number of benzene rings is 3. The van der Waals surface area contributed by atoms with E-state index in [1.165, 1.54) is 4.90 Å². The minimum Gasteiger partial charge on any atom is -0.507 e. The number of aromatic amines is 1. The van der Waals surface area contributed by atoms with Crippen LogP contribution in [0.5, 0.6) is 5.75 Å². The number of amides is 1. The van der Waals surface area contributed by atoms with Gasteiger partial charge in [0.15, 0.2) is 0 Å². The number of nitrogens with one attached hydrogen (secondary N) is 1. The number of ketones is 1. The summed E-state index contributed by atoms with van der Waals surface area (Å²) in [7, 11) is 0. The van der Waals surface area contributed by atoms with Crippen molar-refractivity contribution in [1.82, 2.24) is 4.98 Å². The van der Waals surface area contributed by atoms with Crippen LogP contribution in [0.25, 0.3) is 16.7 Å². The number of aromatic nitrogens is 1. The molecule has 0 saturated carbocycles. The maximum Gasteiger partial charge on any atom is 0.300 e. The second kappa shape index (κ2) is 8.37. The molecule has 6 heteroatoms. The first-order chi connectivity index (χ1) is 17.7. The predicted molar refractivity (Wildman–Crippen MR) is 144 cm³/mol. The minimum atomic E-state index is -0.791. The topological polar surface area (TPSA) is 82.6 Å². The van der Waals surface area contributed by atoms with Crippen molar-refractivity contribution in [2.24, 2.45) is 0 Å². The molecule has 0 radical (unpaired) electrons. The van der Waals surface area contributed by atoms with Gasteiger partial charge in [-0.05, 0) is 80.8 Å². The van der Waals surface area contributed by atoms with Crippen molar-refractivity contribution >= 4 is 34.0 Å². The van der Waals surface area contributed by atoms with Crippen LogP contribution in [0, 0.1) is 20.8 Å². The Morgan fingerprint density at radius 2 is 1.73 bits per heavy atom. The zero-order chi connectivity index (χ0) is 26.0. The lowest BCUT2D eigenvalue weighted by Crippen LogP contribution is -2.29. The molecule has 0 aliphatic carbocycles. The first-order valence-electron chi connectivity index (χ1n) is 12.5. The van der Waals surface area contributed by atoms with Gasteiger partial charge in [0, 0.05) is 39.8 Å². The Hall–Kier alpha value is -4.32. The Balaban J connectivity index is 1.62. The van der Waals surface area contributed by atoms with Crippen molar-refractivity contribution in [3.63, 3.8) is 0 Å². The maximum atomic E-state index is 13.7. The van der Waals surface area contributed by atoms with Crippen LogP contribution >= 0.6 is 0 Å². The normalized spacial score (nSPS) is 20.5. The number of para-hydroxylation sites is 1. The number of carbonyl (C=O) groups is 2. The fourth-order valence-electron chi connectivity index (χ4n) is 5.84. The van der Waals surface area contributed by atoms with E-state index in [4.69, 9.17) is 4.74 Å². The Morgan fingerprint density at radius 1 is 1.00 bits per heavy atom. The molecule has 3 aromatic carbocycles. The van der Waals surface area contributed by atoms with Gasteiger partial charge in [-0.25, -0.2) is 0 Å². The third-order valence-corrected chi connectivity index (χ3v) is 7.32. The molecule has 6 rings (SSSR count). The molecule has 0 spiro atoms. The molecule has 2 N–H and O–H groups in total. The van der Waals surface area contributed by atoms with E-state index in [2.05, 4.69) is 4.98 Å². The van der Waals surface area contributed by atoms with Crippen LogP contribution in [0.2, 0.25) is 0 Å². The summed E-state index contributed by atoms with van der Waals surface area (Å²) in [4.78, 5) is 32.3. The molecule has 3 heterocycles. The second-order valence-electron chi connectivity index (χ2n) is 10.2. The number of ether oxygens (including phenoxy) is 1. The summed E-state index contributed by atoms with van der Waals surface area (Å²) in [5, 5.41) is 12.5. The van der Waals surface area contributed by atoms with Gasteiger partial charge in [0.1, 0.15) is 17.6 Å². The molecule has 2 aliphatic heterocycles. The Morgan fingerprint density at radius 3 is 2.49 bits per heavy atom. The number of carbonyl (C=O) groups excluding carboxylic acids is 2. The average molecular weight is 493 g/mol. The van der Waals surface area contributed by atoms with E-state index >= 15 is 0 Å². The monoisotopic (exact) mass is 492 g/mol. The number of rotatable bonds is 3. The first-order valence-corrected chi connectivity index (χ1v) is 12.5. The third-order valence-electron chi connectivity index (χ3n) is 7.32. The van der Waals surface area contributed by atoms with Gasteiger partial charge < -0.3 is 14.8 Å². The molecule has 1 saturated heterocycles. The van der Waals surface area contributed by atoms with Gasteiger partial charge in [0.05, 0.1) is 11.6 Å². The zero-order valence-corrected chi connectivity index (χ0v) is 21.3. The van der Waals surface area contributed by atoms with Gasteiger partial charge in [0.2, 0.25) is 0 Å². The fraction of sp³-hybridized carbons (Fsp3) is 0.226.